The molecule has 3 heterocycles. The monoisotopic (exact) mass is 378 g/mol. The lowest BCUT2D eigenvalue weighted by atomic mass is 10.2. The topological polar surface area (TPSA) is 85.3 Å². The molecule has 3 aromatic heterocycles. The number of carbonyl (C=O) groups is 2. The average molecular weight is 378 g/mol. The Morgan fingerprint density at radius 2 is 1.29 bits per heavy atom. The van der Waals surface area contributed by atoms with Gasteiger partial charge in [0.1, 0.15) is 0 Å². The van der Waals surface area contributed by atoms with Crippen LogP contribution in [0.25, 0.3) is 0 Å². The van der Waals surface area contributed by atoms with Crippen LogP contribution in [0.15, 0.2) is 73.3 Å². The van der Waals surface area contributed by atoms with E-state index in [2.05, 4.69) is 15.0 Å². The van der Waals surface area contributed by atoms with Gasteiger partial charge >= 0.3 is 11.9 Å². The Balaban J connectivity index is 0.000000261. The lowest BCUT2D eigenvalue weighted by molar-refractivity contribution is -0.158. The molecule has 0 aliphatic carbocycles. The molecule has 144 valence electrons. The van der Waals surface area contributed by atoms with Crippen LogP contribution in [0.2, 0.25) is 0 Å². The maximum atomic E-state index is 11.5. The highest BCUT2D eigenvalue weighted by Gasteiger charge is 2.12. The summed E-state index contributed by atoms with van der Waals surface area (Å²) in [5, 5.41) is 0. The summed E-state index contributed by atoms with van der Waals surface area (Å²) < 4.78 is 4.70. The van der Waals surface area contributed by atoms with Gasteiger partial charge in [0.05, 0.1) is 24.2 Å². The average Bonchev–Trinajstić information content (AvgIpc) is 2.70. The van der Waals surface area contributed by atoms with Crippen molar-refractivity contribution in [2.45, 2.75) is 12.8 Å². The van der Waals surface area contributed by atoms with Crippen LogP contribution in [-0.2, 0) is 27.2 Å². The SMILES string of the molecule is CN(C)c1ccncc1.O=C(Cc1ccccn1)OC(=O)Cc1ccccn1. The van der Waals surface area contributed by atoms with Gasteiger partial charge in [0.15, 0.2) is 0 Å². The van der Waals surface area contributed by atoms with Gasteiger partial charge in [-0.15, -0.1) is 0 Å². The normalized spacial score (nSPS) is 9.64. The van der Waals surface area contributed by atoms with E-state index in [9.17, 15) is 9.59 Å². The lowest BCUT2D eigenvalue weighted by Crippen LogP contribution is -2.17. The van der Waals surface area contributed by atoms with E-state index in [0.717, 1.165) is 0 Å². The van der Waals surface area contributed by atoms with E-state index in [1.165, 1.54) is 5.69 Å². The van der Waals surface area contributed by atoms with Gasteiger partial charge in [-0.25, -0.2) is 0 Å². The van der Waals surface area contributed by atoms with Gasteiger partial charge in [0.25, 0.3) is 0 Å². The first kappa shape index (κ1) is 20.7. The molecule has 7 heteroatoms. The molecule has 0 bridgehead atoms. The highest BCUT2D eigenvalue weighted by Crippen LogP contribution is 2.05. The van der Waals surface area contributed by atoms with Gasteiger partial charge in [-0.1, -0.05) is 12.1 Å². The predicted molar refractivity (Wildman–Crippen MR) is 106 cm³/mol. The van der Waals surface area contributed by atoms with Crippen LogP contribution >= 0.6 is 0 Å². The van der Waals surface area contributed by atoms with E-state index in [-0.39, 0.29) is 12.8 Å². The maximum absolute atomic E-state index is 11.5. The zero-order chi connectivity index (χ0) is 20.2. The Kier molecular flexibility index (Phi) is 8.26. The smallest absolute Gasteiger partial charge is 0.319 e. The first-order valence-corrected chi connectivity index (χ1v) is 8.65. The molecule has 0 aliphatic heterocycles. The Labute approximate surface area is 164 Å². The standard InChI is InChI=1S/C14H12N2O3.C7H10N2/c17-13(9-11-5-1-3-7-15-11)19-14(18)10-12-6-2-4-8-16-12;1-9(2)7-3-5-8-6-4-7/h1-8H,9-10H2;3-6H,1-2H3. The van der Waals surface area contributed by atoms with Crippen molar-refractivity contribution in [3.8, 4) is 0 Å². The van der Waals surface area contributed by atoms with Crippen molar-refractivity contribution in [3.63, 3.8) is 0 Å². The van der Waals surface area contributed by atoms with Gasteiger partial charge in [-0.3, -0.25) is 24.5 Å². The molecule has 0 aromatic carbocycles. The zero-order valence-corrected chi connectivity index (χ0v) is 15.9. The second kappa shape index (κ2) is 11.2. The van der Waals surface area contributed by atoms with Gasteiger partial charge in [-0.05, 0) is 36.4 Å². The van der Waals surface area contributed by atoms with E-state index >= 15 is 0 Å². The fraction of sp³-hybridized carbons (Fsp3) is 0.190. The van der Waals surface area contributed by atoms with Crippen LogP contribution < -0.4 is 4.90 Å². The molecule has 0 atom stereocenters. The van der Waals surface area contributed by atoms with Gasteiger partial charge in [-0.2, -0.15) is 0 Å². The third kappa shape index (κ3) is 7.74. The van der Waals surface area contributed by atoms with Gasteiger partial charge in [0, 0.05) is 44.6 Å². The van der Waals surface area contributed by atoms with E-state index in [1.54, 1.807) is 61.2 Å². The largest absolute Gasteiger partial charge is 0.393 e. The molecule has 0 fully saturated rings. The van der Waals surface area contributed by atoms with Crippen molar-refractivity contribution in [1.82, 2.24) is 15.0 Å². The summed E-state index contributed by atoms with van der Waals surface area (Å²) in [7, 11) is 4.02. The van der Waals surface area contributed by atoms with Crippen LogP contribution in [0.5, 0.6) is 0 Å². The molecule has 28 heavy (non-hydrogen) atoms. The first-order chi connectivity index (χ1) is 13.5. The number of nitrogens with zero attached hydrogens (tertiary/aromatic N) is 4. The minimum atomic E-state index is -0.611. The molecular weight excluding hydrogens is 356 g/mol. The number of aromatic nitrogens is 3. The molecule has 0 saturated heterocycles. The molecule has 3 aromatic rings. The fourth-order valence-corrected chi connectivity index (χ4v) is 2.14. The van der Waals surface area contributed by atoms with Gasteiger partial charge < -0.3 is 9.64 Å². The molecular formula is C21H22N4O3. The van der Waals surface area contributed by atoms with Gasteiger partial charge in [0.2, 0.25) is 0 Å². The molecule has 7 nitrogen and oxygen atoms in total. The summed E-state index contributed by atoms with van der Waals surface area (Å²) in [4.78, 5) is 36.9. The van der Waals surface area contributed by atoms with Crippen LogP contribution in [-0.4, -0.2) is 41.0 Å². The lowest BCUT2D eigenvalue weighted by Gasteiger charge is -2.10. The first-order valence-electron chi connectivity index (χ1n) is 8.65. The molecule has 0 spiro atoms. The number of ether oxygens (including phenoxy) is 1. The van der Waals surface area contributed by atoms with Crippen molar-refractivity contribution in [3.05, 3.63) is 84.7 Å². The summed E-state index contributed by atoms with van der Waals surface area (Å²) in [6, 6.07) is 14.4. The third-order valence-electron chi connectivity index (χ3n) is 3.51. The van der Waals surface area contributed by atoms with Crippen LogP contribution in [0.3, 0.4) is 0 Å². The molecule has 0 unspecified atom stereocenters. The number of hydrogen-bond donors (Lipinski definition) is 0. The zero-order valence-electron chi connectivity index (χ0n) is 15.9. The molecule has 0 aliphatic rings. The number of hydrogen-bond acceptors (Lipinski definition) is 7. The van der Waals surface area contributed by atoms with Crippen molar-refractivity contribution in [2.24, 2.45) is 0 Å². The molecule has 0 saturated carbocycles. The van der Waals surface area contributed by atoms with Crippen molar-refractivity contribution < 1.29 is 14.3 Å². The van der Waals surface area contributed by atoms with Crippen molar-refractivity contribution >= 4 is 17.6 Å². The Morgan fingerprint density at radius 3 is 1.64 bits per heavy atom. The van der Waals surface area contributed by atoms with Crippen LogP contribution in [0.1, 0.15) is 11.4 Å². The summed E-state index contributed by atoms with van der Waals surface area (Å²) in [5.41, 5.74) is 2.32. The Morgan fingerprint density at radius 1 is 0.786 bits per heavy atom. The van der Waals surface area contributed by atoms with E-state index in [4.69, 9.17) is 4.74 Å². The molecule has 0 amide bonds. The highest BCUT2D eigenvalue weighted by molar-refractivity contribution is 5.87. The second-order valence-electron chi connectivity index (χ2n) is 5.94. The minimum Gasteiger partial charge on any atom is -0.393 e. The Bertz CT molecular complexity index is 805. The van der Waals surface area contributed by atoms with Crippen molar-refractivity contribution in [1.29, 1.82) is 0 Å². The third-order valence-corrected chi connectivity index (χ3v) is 3.51. The molecule has 3 rings (SSSR count). The number of rotatable bonds is 5. The number of carbonyl (C=O) groups excluding carboxylic acids is 2. The highest BCUT2D eigenvalue weighted by atomic mass is 16.6. The summed E-state index contributed by atoms with van der Waals surface area (Å²) >= 11 is 0. The quantitative estimate of drug-likeness (QED) is 0.498. The molecule has 0 radical (unpaired) electrons. The van der Waals surface area contributed by atoms with E-state index < -0.39 is 11.9 Å². The summed E-state index contributed by atoms with van der Waals surface area (Å²) in [6.45, 7) is 0. The number of anilines is 1. The predicted octanol–water partition coefficient (Wildman–Crippen LogP) is 2.48. The van der Waals surface area contributed by atoms with Crippen LogP contribution in [0.4, 0.5) is 5.69 Å². The number of esters is 2. The minimum absolute atomic E-state index is 0.0190. The second-order valence-corrected chi connectivity index (χ2v) is 5.94. The summed E-state index contributed by atoms with van der Waals surface area (Å²) in [6.07, 6.45) is 6.70. The van der Waals surface area contributed by atoms with Crippen LogP contribution in [0, 0.1) is 0 Å². The van der Waals surface area contributed by atoms with E-state index in [0.29, 0.717) is 11.4 Å². The van der Waals surface area contributed by atoms with Crippen molar-refractivity contribution in [2.75, 3.05) is 19.0 Å². The number of pyridine rings is 3. The fourth-order valence-electron chi connectivity index (χ4n) is 2.14. The van der Waals surface area contributed by atoms with E-state index in [1.807, 2.05) is 31.1 Å². The maximum Gasteiger partial charge on any atom is 0.319 e. The Hall–Kier alpha value is -3.61. The molecule has 0 N–H and O–H groups in total. The summed E-state index contributed by atoms with van der Waals surface area (Å²) in [5.74, 6) is -1.22.